The normalized spacial score (nSPS) is 24.7. The topological polar surface area (TPSA) is 18.5 Å². The SMILES string of the molecule is C/C=C/C=C/CO[C@H]1CC[C@H](OC/C=C/C=C/C)CC1. The average molecular weight is 276 g/mol. The van der Waals surface area contributed by atoms with E-state index in [9.17, 15) is 0 Å². The van der Waals surface area contributed by atoms with Gasteiger partial charge in [-0.15, -0.1) is 0 Å². The number of rotatable bonds is 8. The van der Waals surface area contributed by atoms with E-state index >= 15 is 0 Å². The lowest BCUT2D eigenvalue weighted by molar-refractivity contribution is -0.0163. The minimum atomic E-state index is 0.406. The second-order valence-corrected chi connectivity index (χ2v) is 4.97. The molecule has 0 unspecified atom stereocenters. The van der Waals surface area contributed by atoms with E-state index in [-0.39, 0.29) is 0 Å². The maximum absolute atomic E-state index is 5.84. The molecule has 0 spiro atoms. The third-order valence-corrected chi connectivity index (χ3v) is 3.36. The molecule has 1 fully saturated rings. The zero-order valence-corrected chi connectivity index (χ0v) is 12.8. The van der Waals surface area contributed by atoms with Gasteiger partial charge in [-0.05, 0) is 39.5 Å². The summed E-state index contributed by atoms with van der Waals surface area (Å²) in [7, 11) is 0. The summed E-state index contributed by atoms with van der Waals surface area (Å²) in [4.78, 5) is 0. The molecule has 0 amide bonds. The summed E-state index contributed by atoms with van der Waals surface area (Å²) in [6.07, 6.45) is 21.5. The van der Waals surface area contributed by atoms with Gasteiger partial charge in [-0.2, -0.15) is 0 Å². The first-order valence-corrected chi connectivity index (χ1v) is 7.65. The third kappa shape index (κ3) is 8.13. The molecule has 0 N–H and O–H groups in total. The first kappa shape index (κ1) is 16.9. The number of allylic oxidation sites excluding steroid dienone is 6. The van der Waals surface area contributed by atoms with Crippen molar-refractivity contribution >= 4 is 0 Å². The van der Waals surface area contributed by atoms with Crippen LogP contribution in [0.2, 0.25) is 0 Å². The molecule has 0 saturated heterocycles. The van der Waals surface area contributed by atoms with Crippen LogP contribution in [-0.2, 0) is 9.47 Å². The van der Waals surface area contributed by atoms with Crippen molar-refractivity contribution in [1.29, 1.82) is 0 Å². The Bertz CT molecular complexity index is 297. The summed E-state index contributed by atoms with van der Waals surface area (Å²) in [5, 5.41) is 0. The van der Waals surface area contributed by atoms with Crippen molar-refractivity contribution in [3.63, 3.8) is 0 Å². The summed E-state index contributed by atoms with van der Waals surface area (Å²) in [6.45, 7) is 5.46. The van der Waals surface area contributed by atoms with Crippen molar-refractivity contribution in [3.8, 4) is 0 Å². The van der Waals surface area contributed by atoms with Crippen LogP contribution in [0.15, 0.2) is 48.6 Å². The van der Waals surface area contributed by atoms with Gasteiger partial charge in [-0.1, -0.05) is 48.6 Å². The lowest BCUT2D eigenvalue weighted by Crippen LogP contribution is -2.26. The van der Waals surface area contributed by atoms with E-state index in [1.54, 1.807) is 0 Å². The van der Waals surface area contributed by atoms with Crippen LogP contribution in [0, 0.1) is 0 Å². The Morgan fingerprint density at radius 2 is 1.10 bits per heavy atom. The highest BCUT2D eigenvalue weighted by molar-refractivity contribution is 5.01. The second kappa shape index (κ2) is 11.7. The molecule has 1 saturated carbocycles. The van der Waals surface area contributed by atoms with Gasteiger partial charge in [0.2, 0.25) is 0 Å². The third-order valence-electron chi connectivity index (χ3n) is 3.36. The Labute approximate surface area is 123 Å². The average Bonchev–Trinajstić information content (AvgIpc) is 2.48. The highest BCUT2D eigenvalue weighted by Gasteiger charge is 2.21. The first-order valence-electron chi connectivity index (χ1n) is 7.65. The van der Waals surface area contributed by atoms with E-state index in [0.29, 0.717) is 25.4 Å². The Morgan fingerprint density at radius 1 is 0.700 bits per heavy atom. The molecule has 0 bridgehead atoms. The quantitative estimate of drug-likeness (QED) is 0.603. The molecule has 2 nitrogen and oxygen atoms in total. The van der Waals surface area contributed by atoms with Gasteiger partial charge in [-0.3, -0.25) is 0 Å². The zero-order valence-electron chi connectivity index (χ0n) is 12.8. The molecule has 0 aromatic rings. The molecule has 0 aromatic carbocycles. The van der Waals surface area contributed by atoms with Crippen LogP contribution in [0.3, 0.4) is 0 Å². The van der Waals surface area contributed by atoms with Gasteiger partial charge in [0.15, 0.2) is 0 Å². The molecule has 1 aliphatic carbocycles. The van der Waals surface area contributed by atoms with Gasteiger partial charge in [0.25, 0.3) is 0 Å². The van der Waals surface area contributed by atoms with Crippen LogP contribution < -0.4 is 0 Å². The highest BCUT2D eigenvalue weighted by Crippen LogP contribution is 2.23. The minimum Gasteiger partial charge on any atom is -0.374 e. The predicted molar refractivity (Wildman–Crippen MR) is 85.9 cm³/mol. The predicted octanol–water partition coefficient (Wildman–Crippen LogP) is 4.60. The maximum Gasteiger partial charge on any atom is 0.0654 e. The van der Waals surface area contributed by atoms with Crippen LogP contribution in [0.1, 0.15) is 39.5 Å². The summed E-state index contributed by atoms with van der Waals surface area (Å²) < 4.78 is 11.7. The zero-order chi connectivity index (χ0) is 14.5. The van der Waals surface area contributed by atoms with Crippen molar-refractivity contribution in [2.45, 2.75) is 51.7 Å². The summed E-state index contributed by atoms with van der Waals surface area (Å²) in [5.41, 5.74) is 0. The molecule has 0 heterocycles. The standard InChI is InChI=1S/C18H28O2/c1-3-5-7-9-15-19-17-11-13-18(14-12-17)20-16-10-8-6-4-2/h3-10,17-18H,11-16H2,1-2H3/b5-3+,6-4+,9-7+,10-8+/t17-,18-. The van der Waals surface area contributed by atoms with Gasteiger partial charge in [0, 0.05) is 0 Å². The fourth-order valence-electron chi connectivity index (χ4n) is 2.24. The van der Waals surface area contributed by atoms with Crippen molar-refractivity contribution in [2.24, 2.45) is 0 Å². The molecule has 20 heavy (non-hydrogen) atoms. The Kier molecular flexibility index (Phi) is 9.89. The van der Waals surface area contributed by atoms with Crippen molar-refractivity contribution in [2.75, 3.05) is 13.2 Å². The van der Waals surface area contributed by atoms with E-state index in [2.05, 4.69) is 12.2 Å². The molecule has 0 aromatic heterocycles. The molecule has 0 atom stereocenters. The number of hydrogen-bond acceptors (Lipinski definition) is 2. The largest absolute Gasteiger partial charge is 0.374 e. The lowest BCUT2D eigenvalue weighted by Gasteiger charge is -2.28. The van der Waals surface area contributed by atoms with Crippen LogP contribution in [0.4, 0.5) is 0 Å². The fraction of sp³-hybridized carbons (Fsp3) is 0.556. The number of hydrogen-bond donors (Lipinski definition) is 0. The fourth-order valence-corrected chi connectivity index (χ4v) is 2.24. The maximum atomic E-state index is 5.84. The smallest absolute Gasteiger partial charge is 0.0654 e. The van der Waals surface area contributed by atoms with Crippen LogP contribution in [0.5, 0.6) is 0 Å². The Balaban J connectivity index is 2.07. The van der Waals surface area contributed by atoms with E-state index in [0.717, 1.165) is 25.7 Å². The van der Waals surface area contributed by atoms with E-state index in [1.807, 2.05) is 50.3 Å². The lowest BCUT2D eigenvalue weighted by atomic mass is 9.95. The molecule has 1 rings (SSSR count). The monoisotopic (exact) mass is 276 g/mol. The molecular weight excluding hydrogens is 248 g/mol. The molecule has 0 aliphatic heterocycles. The highest BCUT2D eigenvalue weighted by atomic mass is 16.5. The molecule has 0 radical (unpaired) electrons. The number of ether oxygens (including phenoxy) is 2. The van der Waals surface area contributed by atoms with Gasteiger partial charge >= 0.3 is 0 Å². The van der Waals surface area contributed by atoms with Crippen molar-refractivity contribution in [3.05, 3.63) is 48.6 Å². The van der Waals surface area contributed by atoms with Gasteiger partial charge in [0.05, 0.1) is 25.4 Å². The van der Waals surface area contributed by atoms with E-state index in [4.69, 9.17) is 9.47 Å². The molecular formula is C18H28O2. The molecule has 1 aliphatic rings. The molecule has 112 valence electrons. The summed E-state index contributed by atoms with van der Waals surface area (Å²) >= 11 is 0. The summed E-state index contributed by atoms with van der Waals surface area (Å²) in [6, 6.07) is 0. The van der Waals surface area contributed by atoms with E-state index in [1.165, 1.54) is 0 Å². The molecule has 2 heteroatoms. The second-order valence-electron chi connectivity index (χ2n) is 4.97. The first-order chi connectivity index (χ1) is 9.86. The van der Waals surface area contributed by atoms with Gasteiger partial charge < -0.3 is 9.47 Å². The minimum absolute atomic E-state index is 0.406. The van der Waals surface area contributed by atoms with E-state index < -0.39 is 0 Å². The van der Waals surface area contributed by atoms with Gasteiger partial charge in [-0.25, -0.2) is 0 Å². The van der Waals surface area contributed by atoms with Crippen LogP contribution in [-0.4, -0.2) is 25.4 Å². The van der Waals surface area contributed by atoms with Crippen molar-refractivity contribution < 1.29 is 9.47 Å². The summed E-state index contributed by atoms with van der Waals surface area (Å²) in [5.74, 6) is 0. The van der Waals surface area contributed by atoms with Crippen LogP contribution in [0.25, 0.3) is 0 Å². The van der Waals surface area contributed by atoms with Crippen molar-refractivity contribution in [1.82, 2.24) is 0 Å². The Morgan fingerprint density at radius 3 is 1.45 bits per heavy atom. The van der Waals surface area contributed by atoms with Crippen LogP contribution >= 0.6 is 0 Å². The Hall–Kier alpha value is -1.12. The van der Waals surface area contributed by atoms with Gasteiger partial charge in [0.1, 0.15) is 0 Å².